The van der Waals surface area contributed by atoms with E-state index in [-0.39, 0.29) is 0 Å². The minimum absolute atomic E-state index is 0.564. The van der Waals surface area contributed by atoms with E-state index in [1.807, 2.05) is 12.4 Å². The molecule has 0 radical (unpaired) electrons. The lowest BCUT2D eigenvalue weighted by Crippen LogP contribution is -2.03. The first-order valence-electron chi connectivity index (χ1n) is 9.66. The molecular weight excluding hydrogens is 332 g/mol. The molecule has 27 heavy (non-hydrogen) atoms. The Labute approximate surface area is 159 Å². The van der Waals surface area contributed by atoms with E-state index in [0.29, 0.717) is 11.5 Å². The Hall–Kier alpha value is -3.06. The average molecular weight is 356 g/mol. The molecule has 136 valence electrons. The molecule has 1 aliphatic carbocycles. The van der Waals surface area contributed by atoms with Gasteiger partial charge in [0.25, 0.3) is 0 Å². The standard InChI is InChI=1S/C23H24N4/c1-16-20-11-12-26-22(20)10-9-21(16)27-23-18(14-25-15-19(23)13-24)8-7-17-5-3-2-4-6-17/h7-12,14-15,17,26H,2-6H2,1H3,(H,25,27)/b8-7+. The van der Waals surface area contributed by atoms with Crippen molar-refractivity contribution in [3.8, 4) is 6.07 Å². The van der Waals surface area contributed by atoms with Crippen LogP contribution >= 0.6 is 0 Å². The third-order valence-electron chi connectivity index (χ3n) is 5.56. The minimum Gasteiger partial charge on any atom is -0.361 e. The molecule has 0 saturated heterocycles. The summed E-state index contributed by atoms with van der Waals surface area (Å²) in [5, 5.41) is 14.3. The molecule has 0 bridgehead atoms. The second-order valence-corrected chi connectivity index (χ2v) is 7.32. The van der Waals surface area contributed by atoms with Crippen LogP contribution in [-0.4, -0.2) is 9.97 Å². The quantitative estimate of drug-likeness (QED) is 0.595. The largest absolute Gasteiger partial charge is 0.361 e. The van der Waals surface area contributed by atoms with Crippen LogP contribution < -0.4 is 5.32 Å². The SMILES string of the molecule is Cc1c(Nc2c(C#N)cncc2/C=C/C2CCCCC2)ccc2[nH]ccc12. The number of hydrogen-bond acceptors (Lipinski definition) is 3. The molecule has 1 aromatic carbocycles. The maximum atomic E-state index is 9.59. The Morgan fingerprint density at radius 3 is 2.85 bits per heavy atom. The van der Waals surface area contributed by atoms with Gasteiger partial charge in [0.1, 0.15) is 6.07 Å². The van der Waals surface area contributed by atoms with E-state index in [1.54, 1.807) is 6.20 Å². The van der Waals surface area contributed by atoms with Crippen LogP contribution in [0.1, 0.15) is 48.8 Å². The van der Waals surface area contributed by atoms with E-state index in [9.17, 15) is 5.26 Å². The molecule has 1 saturated carbocycles. The van der Waals surface area contributed by atoms with Gasteiger partial charge in [0.05, 0.1) is 11.3 Å². The van der Waals surface area contributed by atoms with Gasteiger partial charge < -0.3 is 10.3 Å². The number of nitrogens with zero attached hydrogens (tertiary/aromatic N) is 2. The zero-order valence-corrected chi connectivity index (χ0v) is 15.6. The molecule has 0 unspecified atom stereocenters. The molecule has 4 heteroatoms. The molecule has 4 rings (SSSR count). The smallest absolute Gasteiger partial charge is 0.103 e. The van der Waals surface area contributed by atoms with Gasteiger partial charge in [-0.2, -0.15) is 5.26 Å². The second-order valence-electron chi connectivity index (χ2n) is 7.32. The van der Waals surface area contributed by atoms with E-state index in [0.717, 1.165) is 28.0 Å². The van der Waals surface area contributed by atoms with Crippen molar-refractivity contribution in [1.29, 1.82) is 5.26 Å². The van der Waals surface area contributed by atoms with Crippen LogP contribution in [0.25, 0.3) is 17.0 Å². The lowest BCUT2D eigenvalue weighted by atomic mass is 9.88. The molecule has 1 aliphatic rings. The van der Waals surface area contributed by atoms with Crippen LogP contribution in [0.5, 0.6) is 0 Å². The van der Waals surface area contributed by atoms with Gasteiger partial charge >= 0.3 is 0 Å². The van der Waals surface area contributed by atoms with Gasteiger partial charge in [0.15, 0.2) is 0 Å². The molecular formula is C23H24N4. The van der Waals surface area contributed by atoms with Gasteiger partial charge in [-0.3, -0.25) is 4.98 Å². The summed E-state index contributed by atoms with van der Waals surface area (Å²) in [6.07, 6.45) is 16.3. The summed E-state index contributed by atoms with van der Waals surface area (Å²) in [6.45, 7) is 2.10. The molecule has 0 aliphatic heterocycles. The van der Waals surface area contributed by atoms with Crippen molar-refractivity contribution < 1.29 is 0 Å². The zero-order chi connectivity index (χ0) is 18.6. The van der Waals surface area contributed by atoms with E-state index in [2.05, 4.69) is 58.6 Å². The first-order valence-corrected chi connectivity index (χ1v) is 9.66. The number of fused-ring (bicyclic) bond motifs is 1. The summed E-state index contributed by atoms with van der Waals surface area (Å²) in [5.41, 5.74) is 5.65. The van der Waals surface area contributed by atoms with Crippen molar-refractivity contribution >= 4 is 28.4 Å². The Morgan fingerprint density at radius 2 is 2.04 bits per heavy atom. The normalized spacial score (nSPS) is 15.3. The predicted octanol–water partition coefficient (Wildman–Crippen LogP) is 6.08. The van der Waals surface area contributed by atoms with Gasteiger partial charge in [-0.05, 0) is 49.4 Å². The zero-order valence-electron chi connectivity index (χ0n) is 15.6. The molecule has 2 N–H and O–H groups in total. The number of hydrogen-bond donors (Lipinski definition) is 2. The van der Waals surface area contributed by atoms with Crippen molar-refractivity contribution in [2.45, 2.75) is 39.0 Å². The number of H-pyrrole nitrogens is 1. The van der Waals surface area contributed by atoms with Crippen molar-refractivity contribution in [1.82, 2.24) is 9.97 Å². The second kappa shape index (κ2) is 7.67. The fraction of sp³-hybridized carbons (Fsp3) is 0.304. The Balaban J connectivity index is 1.69. The molecule has 0 atom stereocenters. The number of aromatic amines is 1. The third-order valence-corrected chi connectivity index (χ3v) is 5.56. The number of allylic oxidation sites excluding steroid dienone is 1. The summed E-state index contributed by atoms with van der Waals surface area (Å²) < 4.78 is 0. The van der Waals surface area contributed by atoms with E-state index < -0.39 is 0 Å². The maximum absolute atomic E-state index is 9.59. The van der Waals surface area contributed by atoms with Crippen molar-refractivity contribution in [2.24, 2.45) is 5.92 Å². The molecule has 4 nitrogen and oxygen atoms in total. The fourth-order valence-corrected chi connectivity index (χ4v) is 3.95. The highest BCUT2D eigenvalue weighted by Gasteiger charge is 2.13. The van der Waals surface area contributed by atoms with Crippen molar-refractivity contribution in [2.75, 3.05) is 5.32 Å². The Kier molecular flexibility index (Phi) is 4.93. The Morgan fingerprint density at radius 1 is 1.19 bits per heavy atom. The van der Waals surface area contributed by atoms with Gasteiger partial charge in [0, 0.05) is 40.7 Å². The highest BCUT2D eigenvalue weighted by Crippen LogP contribution is 2.32. The Bertz CT molecular complexity index is 1020. The molecule has 2 heterocycles. The number of benzene rings is 1. The van der Waals surface area contributed by atoms with Gasteiger partial charge in [-0.25, -0.2) is 0 Å². The summed E-state index contributed by atoms with van der Waals surface area (Å²) in [6, 6.07) is 8.49. The van der Waals surface area contributed by atoms with Crippen LogP contribution in [0.3, 0.4) is 0 Å². The van der Waals surface area contributed by atoms with Crippen LogP contribution in [0.15, 0.2) is 42.9 Å². The lowest BCUT2D eigenvalue weighted by Gasteiger charge is -2.18. The number of pyridine rings is 1. The third kappa shape index (κ3) is 3.59. The summed E-state index contributed by atoms with van der Waals surface area (Å²) in [7, 11) is 0. The van der Waals surface area contributed by atoms with Crippen molar-refractivity contribution in [3.63, 3.8) is 0 Å². The minimum atomic E-state index is 0.564. The highest BCUT2D eigenvalue weighted by atomic mass is 14.9. The van der Waals surface area contributed by atoms with Crippen LogP contribution in [0.4, 0.5) is 11.4 Å². The van der Waals surface area contributed by atoms with Crippen molar-refractivity contribution in [3.05, 3.63) is 59.6 Å². The first-order chi connectivity index (χ1) is 13.3. The van der Waals surface area contributed by atoms with E-state index in [4.69, 9.17) is 0 Å². The molecule has 1 fully saturated rings. The number of rotatable bonds is 4. The van der Waals surface area contributed by atoms with Gasteiger partial charge in [0.2, 0.25) is 0 Å². The van der Waals surface area contributed by atoms with Gasteiger partial charge in [-0.1, -0.05) is 31.4 Å². The summed E-state index contributed by atoms with van der Waals surface area (Å²) in [5.74, 6) is 0.635. The first kappa shape index (κ1) is 17.4. The monoisotopic (exact) mass is 356 g/mol. The maximum Gasteiger partial charge on any atom is 0.103 e. The fourth-order valence-electron chi connectivity index (χ4n) is 3.95. The predicted molar refractivity (Wildman–Crippen MR) is 111 cm³/mol. The lowest BCUT2D eigenvalue weighted by molar-refractivity contribution is 0.420. The van der Waals surface area contributed by atoms with Crippen LogP contribution in [-0.2, 0) is 0 Å². The molecule has 0 spiro atoms. The highest BCUT2D eigenvalue weighted by molar-refractivity contribution is 5.89. The number of aromatic nitrogens is 2. The van der Waals surface area contributed by atoms with E-state index >= 15 is 0 Å². The van der Waals surface area contributed by atoms with Crippen LogP contribution in [0, 0.1) is 24.2 Å². The molecule has 3 aromatic rings. The summed E-state index contributed by atoms with van der Waals surface area (Å²) >= 11 is 0. The topological polar surface area (TPSA) is 64.5 Å². The molecule has 0 amide bonds. The van der Waals surface area contributed by atoms with E-state index in [1.165, 1.54) is 37.5 Å². The van der Waals surface area contributed by atoms with Crippen LogP contribution in [0.2, 0.25) is 0 Å². The average Bonchev–Trinajstić information content (AvgIpc) is 3.19. The van der Waals surface area contributed by atoms with Gasteiger partial charge in [-0.15, -0.1) is 0 Å². The molecule has 2 aromatic heterocycles. The number of anilines is 2. The number of aryl methyl sites for hydroxylation is 1. The summed E-state index contributed by atoms with van der Waals surface area (Å²) in [4.78, 5) is 7.51. The number of nitrogens with one attached hydrogen (secondary N) is 2. The number of nitriles is 1.